The molecule has 0 bridgehead atoms. The molecule has 0 spiro atoms. The average Bonchev–Trinajstić information content (AvgIpc) is 2.85. The minimum Gasteiger partial charge on any atom is -0.493 e. The Morgan fingerprint density at radius 1 is 1.24 bits per heavy atom. The van der Waals surface area contributed by atoms with E-state index in [1.54, 1.807) is 18.2 Å². The van der Waals surface area contributed by atoms with Gasteiger partial charge in [0.2, 0.25) is 0 Å². The van der Waals surface area contributed by atoms with Crippen LogP contribution in [-0.4, -0.2) is 25.0 Å². The second-order valence-corrected chi connectivity index (χ2v) is 7.92. The van der Waals surface area contributed by atoms with Gasteiger partial charge in [0, 0.05) is 11.5 Å². The van der Waals surface area contributed by atoms with E-state index in [0.717, 1.165) is 0 Å². The van der Waals surface area contributed by atoms with Crippen molar-refractivity contribution in [1.82, 2.24) is 4.98 Å². The van der Waals surface area contributed by atoms with Gasteiger partial charge in [0.25, 0.3) is 5.56 Å². The standard InChI is InChI=1S/C18H20ClNO4S/c1-18(2,3)14(21)9-15-20-17(22)13(25-15)8-10-6-11(19)16(24-5)12(7-10)23-4/h6-9H,1-5H3,(H,20,22)/b13-8-,15-9-. The van der Waals surface area contributed by atoms with Crippen LogP contribution in [0.3, 0.4) is 0 Å². The van der Waals surface area contributed by atoms with E-state index in [1.807, 2.05) is 20.8 Å². The van der Waals surface area contributed by atoms with Gasteiger partial charge < -0.3 is 14.5 Å². The molecule has 0 unspecified atom stereocenters. The Morgan fingerprint density at radius 2 is 1.92 bits per heavy atom. The summed E-state index contributed by atoms with van der Waals surface area (Å²) in [5.41, 5.74) is -0.0608. The number of hydrogen-bond donors (Lipinski definition) is 1. The third-order valence-electron chi connectivity index (χ3n) is 3.44. The fraction of sp³-hybridized carbons (Fsp3) is 0.333. The van der Waals surface area contributed by atoms with Crippen molar-refractivity contribution in [1.29, 1.82) is 0 Å². The molecule has 1 N–H and O–H groups in total. The Kier molecular flexibility index (Phi) is 5.75. The molecule has 0 aliphatic heterocycles. The molecule has 2 rings (SSSR count). The molecule has 0 saturated heterocycles. The van der Waals surface area contributed by atoms with Gasteiger partial charge in [-0.1, -0.05) is 32.4 Å². The number of benzene rings is 1. The van der Waals surface area contributed by atoms with Crippen LogP contribution in [0.5, 0.6) is 11.5 Å². The largest absolute Gasteiger partial charge is 0.493 e. The van der Waals surface area contributed by atoms with E-state index in [9.17, 15) is 9.59 Å². The van der Waals surface area contributed by atoms with Crippen LogP contribution in [0.25, 0.3) is 12.2 Å². The van der Waals surface area contributed by atoms with Crippen molar-refractivity contribution in [2.24, 2.45) is 5.41 Å². The van der Waals surface area contributed by atoms with Crippen LogP contribution >= 0.6 is 22.9 Å². The molecule has 1 aromatic carbocycles. The van der Waals surface area contributed by atoms with Crippen LogP contribution in [0.15, 0.2) is 16.9 Å². The first-order valence-corrected chi connectivity index (χ1v) is 8.73. The van der Waals surface area contributed by atoms with Crippen LogP contribution in [0, 0.1) is 5.41 Å². The number of methoxy groups -OCH3 is 2. The van der Waals surface area contributed by atoms with Crippen molar-refractivity contribution in [2.75, 3.05) is 14.2 Å². The van der Waals surface area contributed by atoms with E-state index < -0.39 is 5.41 Å². The maximum absolute atomic E-state index is 12.1. The topological polar surface area (TPSA) is 68.4 Å². The Morgan fingerprint density at radius 3 is 2.48 bits per heavy atom. The van der Waals surface area contributed by atoms with Gasteiger partial charge in [0.15, 0.2) is 17.3 Å². The monoisotopic (exact) mass is 381 g/mol. The lowest BCUT2D eigenvalue weighted by Gasteiger charge is -2.12. The van der Waals surface area contributed by atoms with E-state index in [2.05, 4.69) is 4.98 Å². The zero-order chi connectivity index (χ0) is 18.8. The van der Waals surface area contributed by atoms with Crippen molar-refractivity contribution in [3.05, 3.63) is 42.3 Å². The molecule has 0 fully saturated rings. The summed E-state index contributed by atoms with van der Waals surface area (Å²) in [4.78, 5) is 26.9. The van der Waals surface area contributed by atoms with Gasteiger partial charge in [-0.05, 0) is 23.8 Å². The lowest BCUT2D eigenvalue weighted by Crippen LogP contribution is -2.22. The van der Waals surface area contributed by atoms with E-state index in [4.69, 9.17) is 21.1 Å². The minimum atomic E-state index is -0.498. The highest BCUT2D eigenvalue weighted by Gasteiger charge is 2.18. The molecule has 2 aromatic rings. The van der Waals surface area contributed by atoms with Crippen LogP contribution in [0.2, 0.25) is 5.02 Å². The molecule has 5 nitrogen and oxygen atoms in total. The molecule has 1 aromatic heterocycles. The summed E-state index contributed by atoms with van der Waals surface area (Å²) < 4.78 is 11.4. The number of aromatic amines is 1. The highest BCUT2D eigenvalue weighted by atomic mass is 35.5. The first-order chi connectivity index (χ1) is 11.7. The lowest BCUT2D eigenvalue weighted by atomic mass is 9.91. The third-order valence-corrected chi connectivity index (χ3v) is 4.68. The summed E-state index contributed by atoms with van der Waals surface area (Å²) in [6.07, 6.45) is 3.15. The molecule has 0 aliphatic carbocycles. The normalized spacial score (nSPS) is 13.2. The number of ether oxygens (including phenoxy) is 2. The Bertz CT molecular complexity index is 966. The van der Waals surface area contributed by atoms with Crippen LogP contribution in [0.1, 0.15) is 26.3 Å². The SMILES string of the molecule is COc1cc(/C=c2\s/c(=C\C(=O)C(C)(C)C)[nH]c2=O)cc(Cl)c1OC. The quantitative estimate of drug-likeness (QED) is 0.882. The third kappa shape index (κ3) is 4.52. The number of H-pyrrole nitrogens is 1. The fourth-order valence-electron chi connectivity index (χ4n) is 2.03. The fourth-order valence-corrected chi connectivity index (χ4v) is 3.21. The number of aromatic nitrogens is 1. The highest BCUT2D eigenvalue weighted by molar-refractivity contribution is 7.07. The second kappa shape index (κ2) is 7.45. The van der Waals surface area contributed by atoms with Crippen molar-refractivity contribution in [2.45, 2.75) is 20.8 Å². The summed E-state index contributed by atoms with van der Waals surface area (Å²) in [6, 6.07) is 3.42. The molecule has 134 valence electrons. The van der Waals surface area contributed by atoms with E-state index in [0.29, 0.717) is 31.3 Å². The van der Waals surface area contributed by atoms with Crippen LogP contribution in [-0.2, 0) is 4.79 Å². The van der Waals surface area contributed by atoms with E-state index in [1.165, 1.54) is 31.6 Å². The zero-order valence-electron chi connectivity index (χ0n) is 14.7. The number of rotatable bonds is 4. The summed E-state index contributed by atoms with van der Waals surface area (Å²) >= 11 is 7.40. The molecule has 0 radical (unpaired) electrons. The molecule has 0 saturated carbocycles. The Hall–Kier alpha value is -2.05. The van der Waals surface area contributed by atoms with Crippen molar-refractivity contribution < 1.29 is 14.3 Å². The predicted octanol–water partition coefficient (Wildman–Crippen LogP) is 2.33. The van der Waals surface area contributed by atoms with E-state index in [-0.39, 0.29) is 11.3 Å². The first kappa shape index (κ1) is 19.3. The van der Waals surface area contributed by atoms with Crippen LogP contribution in [0.4, 0.5) is 0 Å². The molecule has 0 aliphatic rings. The molecule has 0 atom stereocenters. The highest BCUT2D eigenvalue weighted by Crippen LogP contribution is 2.36. The first-order valence-electron chi connectivity index (χ1n) is 7.54. The second-order valence-electron chi connectivity index (χ2n) is 6.43. The average molecular weight is 382 g/mol. The maximum Gasteiger partial charge on any atom is 0.266 e. The zero-order valence-corrected chi connectivity index (χ0v) is 16.3. The maximum atomic E-state index is 12.1. The number of carbonyl (C=O) groups is 1. The van der Waals surface area contributed by atoms with E-state index >= 15 is 0 Å². The minimum absolute atomic E-state index is 0.0503. The van der Waals surface area contributed by atoms with Gasteiger partial charge in [0.05, 0.1) is 28.4 Å². The number of nitrogens with one attached hydrogen (secondary N) is 1. The number of thiazole rings is 1. The van der Waals surface area contributed by atoms with Gasteiger partial charge in [-0.2, -0.15) is 0 Å². The van der Waals surface area contributed by atoms with Crippen molar-refractivity contribution in [3.63, 3.8) is 0 Å². The molecule has 0 amide bonds. The number of Topliss-reactive ketones (excluding diaryl/α,β-unsaturated/α-hetero) is 1. The molecular weight excluding hydrogens is 362 g/mol. The molecular formula is C18H20ClNO4S. The number of hydrogen-bond acceptors (Lipinski definition) is 5. The van der Waals surface area contributed by atoms with Gasteiger partial charge in [-0.3, -0.25) is 9.59 Å². The van der Waals surface area contributed by atoms with Gasteiger partial charge >= 0.3 is 0 Å². The predicted molar refractivity (Wildman–Crippen MR) is 101 cm³/mol. The summed E-state index contributed by atoms with van der Waals surface area (Å²) in [5.74, 6) is 0.862. The van der Waals surface area contributed by atoms with Crippen molar-refractivity contribution in [3.8, 4) is 11.5 Å². The van der Waals surface area contributed by atoms with Crippen LogP contribution < -0.4 is 24.2 Å². The molecule has 7 heteroatoms. The molecule has 1 heterocycles. The Labute approximate surface area is 154 Å². The summed E-state index contributed by atoms with van der Waals surface area (Å²) in [5, 5.41) is 0.385. The lowest BCUT2D eigenvalue weighted by molar-refractivity contribution is -0.119. The summed E-state index contributed by atoms with van der Waals surface area (Å²) in [6.45, 7) is 5.49. The number of halogens is 1. The molecule has 25 heavy (non-hydrogen) atoms. The smallest absolute Gasteiger partial charge is 0.266 e. The summed E-state index contributed by atoms with van der Waals surface area (Å²) in [7, 11) is 3.02. The van der Waals surface area contributed by atoms with Gasteiger partial charge in [-0.15, -0.1) is 11.3 Å². The van der Waals surface area contributed by atoms with Gasteiger partial charge in [0.1, 0.15) is 0 Å². The number of carbonyl (C=O) groups excluding carboxylic acids is 1. The van der Waals surface area contributed by atoms with Crippen molar-refractivity contribution >= 4 is 40.9 Å². The Balaban J connectivity index is 2.54. The number of ketones is 1. The van der Waals surface area contributed by atoms with Gasteiger partial charge in [-0.25, -0.2) is 0 Å².